The second kappa shape index (κ2) is 11.2. The zero-order chi connectivity index (χ0) is 26.8. The summed E-state index contributed by atoms with van der Waals surface area (Å²) in [7, 11) is 1.50. The molecule has 0 radical (unpaired) electrons. The summed E-state index contributed by atoms with van der Waals surface area (Å²) in [5, 5.41) is 8.39. The molecular formula is C28H32ClF3N4O2. The number of aromatic nitrogens is 2. The van der Waals surface area contributed by atoms with Gasteiger partial charge in [0.05, 0.1) is 24.6 Å². The smallest absolute Gasteiger partial charge is 0.416 e. The van der Waals surface area contributed by atoms with Crippen molar-refractivity contribution >= 4 is 11.6 Å². The molecule has 1 aliphatic heterocycles. The number of benzene rings is 2. The highest BCUT2D eigenvalue weighted by molar-refractivity contribution is 6.30. The predicted octanol–water partition coefficient (Wildman–Crippen LogP) is 6.19. The fourth-order valence-corrected chi connectivity index (χ4v) is 5.72. The van der Waals surface area contributed by atoms with Crippen LogP contribution >= 0.6 is 11.6 Å². The van der Waals surface area contributed by atoms with E-state index in [1.807, 2.05) is 24.3 Å². The quantitative estimate of drug-likeness (QED) is 0.322. The van der Waals surface area contributed by atoms with Crippen molar-refractivity contribution in [3.8, 4) is 5.75 Å². The lowest BCUT2D eigenvalue weighted by Gasteiger charge is -2.39. The van der Waals surface area contributed by atoms with Gasteiger partial charge in [-0.3, -0.25) is 0 Å². The Morgan fingerprint density at radius 2 is 1.87 bits per heavy atom. The van der Waals surface area contributed by atoms with Crippen LogP contribution in [0, 0.1) is 0 Å². The largest absolute Gasteiger partial charge is 0.496 e. The molecule has 2 fully saturated rings. The molecule has 0 atom stereocenters. The highest BCUT2D eigenvalue weighted by Crippen LogP contribution is 2.48. The van der Waals surface area contributed by atoms with Gasteiger partial charge < -0.3 is 19.5 Å². The zero-order valence-electron chi connectivity index (χ0n) is 21.4. The Kier molecular flexibility index (Phi) is 7.98. The average molecular weight is 549 g/mol. The number of halogens is 4. The molecular weight excluding hydrogens is 517 g/mol. The Labute approximate surface area is 225 Å². The fraction of sp³-hybridized carbons (Fsp3) is 0.500. The summed E-state index contributed by atoms with van der Waals surface area (Å²) in [5.41, 5.74) is 0.995. The molecule has 3 aromatic rings. The Hall–Kier alpha value is -2.62. The van der Waals surface area contributed by atoms with E-state index < -0.39 is 11.7 Å². The number of alkyl halides is 3. The minimum absolute atomic E-state index is 0.0488. The van der Waals surface area contributed by atoms with E-state index in [-0.39, 0.29) is 11.3 Å². The van der Waals surface area contributed by atoms with Crippen molar-refractivity contribution in [2.75, 3.05) is 33.3 Å². The topological polar surface area (TPSA) is 63.4 Å². The lowest BCUT2D eigenvalue weighted by atomic mass is 9.64. The third-order valence-electron chi connectivity index (χ3n) is 7.97. The molecule has 0 amide bonds. The first kappa shape index (κ1) is 27.0. The number of nitrogens with zero attached hydrogens (tertiary/aromatic N) is 3. The zero-order valence-corrected chi connectivity index (χ0v) is 22.1. The Balaban J connectivity index is 1.10. The molecule has 2 aromatic carbocycles. The molecule has 0 bridgehead atoms. The van der Waals surface area contributed by atoms with E-state index in [0.29, 0.717) is 28.8 Å². The molecule has 204 valence electrons. The molecule has 0 spiro atoms. The number of hydrogen-bond donors (Lipinski definition) is 1. The van der Waals surface area contributed by atoms with Gasteiger partial charge in [0.1, 0.15) is 5.75 Å². The molecule has 1 saturated carbocycles. The minimum Gasteiger partial charge on any atom is -0.496 e. The second-order valence-electron chi connectivity index (χ2n) is 10.2. The van der Waals surface area contributed by atoms with E-state index in [0.717, 1.165) is 70.2 Å². The van der Waals surface area contributed by atoms with Crippen molar-refractivity contribution in [1.29, 1.82) is 0 Å². The first-order valence-electron chi connectivity index (χ1n) is 13.1. The van der Waals surface area contributed by atoms with Gasteiger partial charge in [0.15, 0.2) is 5.82 Å². The van der Waals surface area contributed by atoms with Crippen LogP contribution in [-0.4, -0.2) is 48.3 Å². The van der Waals surface area contributed by atoms with Gasteiger partial charge >= 0.3 is 6.18 Å². The van der Waals surface area contributed by atoms with Gasteiger partial charge in [-0.1, -0.05) is 35.3 Å². The van der Waals surface area contributed by atoms with Crippen LogP contribution in [-0.2, 0) is 18.1 Å². The monoisotopic (exact) mass is 548 g/mol. The van der Waals surface area contributed by atoms with Gasteiger partial charge in [-0.25, -0.2) is 0 Å². The van der Waals surface area contributed by atoms with Gasteiger partial charge in [0, 0.05) is 18.1 Å². The Bertz CT molecular complexity index is 1220. The van der Waals surface area contributed by atoms with Crippen molar-refractivity contribution in [2.45, 2.75) is 56.2 Å². The lowest BCUT2D eigenvalue weighted by molar-refractivity contribution is -0.137. The van der Waals surface area contributed by atoms with E-state index >= 15 is 0 Å². The van der Waals surface area contributed by atoms with Gasteiger partial charge in [0.25, 0.3) is 0 Å². The summed E-state index contributed by atoms with van der Waals surface area (Å²) >= 11 is 6.06. The van der Waals surface area contributed by atoms with Crippen molar-refractivity contribution < 1.29 is 22.4 Å². The van der Waals surface area contributed by atoms with Gasteiger partial charge in [-0.05, 0) is 86.1 Å². The van der Waals surface area contributed by atoms with Crippen LogP contribution in [0.4, 0.5) is 13.2 Å². The number of likely N-dealkylation sites (tertiary alicyclic amines) is 1. The van der Waals surface area contributed by atoms with E-state index in [4.69, 9.17) is 25.8 Å². The highest BCUT2D eigenvalue weighted by atomic mass is 35.5. The molecule has 6 nitrogen and oxygen atoms in total. The third kappa shape index (κ3) is 5.70. The van der Waals surface area contributed by atoms with Crippen LogP contribution in [0.3, 0.4) is 0 Å². The summed E-state index contributed by atoms with van der Waals surface area (Å²) in [4.78, 5) is 7.02. The summed E-state index contributed by atoms with van der Waals surface area (Å²) in [5.74, 6) is 1.87. The molecule has 1 aromatic heterocycles. The van der Waals surface area contributed by atoms with Crippen molar-refractivity contribution in [1.82, 2.24) is 20.4 Å². The predicted molar refractivity (Wildman–Crippen MR) is 138 cm³/mol. The van der Waals surface area contributed by atoms with E-state index in [1.54, 1.807) is 0 Å². The SMILES string of the molecule is COc1ccc(C(F)(F)F)cc1C1CCN(CCNCc2nc(C3(c4ccc(Cl)cc4)CCC3)no2)CC1. The van der Waals surface area contributed by atoms with Gasteiger partial charge in [-0.2, -0.15) is 18.2 Å². The summed E-state index contributed by atoms with van der Waals surface area (Å²) in [6.45, 7) is 3.71. The standard InChI is InChI=1S/C28H32ClF3N4O2/c1-37-24-8-5-21(28(30,31)32)17-23(24)19-9-14-36(15-10-19)16-13-33-18-25-34-26(35-38-25)27(11-2-12-27)20-3-6-22(29)7-4-20/h3-8,17,19,33H,2,9-16,18H2,1H3. The van der Waals surface area contributed by atoms with Crippen LogP contribution in [0.15, 0.2) is 47.0 Å². The highest BCUT2D eigenvalue weighted by Gasteiger charge is 2.44. The molecule has 5 rings (SSSR count). The van der Waals surface area contributed by atoms with Gasteiger partial charge in [0.2, 0.25) is 5.89 Å². The van der Waals surface area contributed by atoms with Crippen molar-refractivity contribution in [3.63, 3.8) is 0 Å². The molecule has 1 saturated heterocycles. The summed E-state index contributed by atoms with van der Waals surface area (Å²) in [6.07, 6.45) is 0.324. The number of nitrogens with one attached hydrogen (secondary N) is 1. The maximum absolute atomic E-state index is 13.2. The average Bonchev–Trinajstić information content (AvgIpc) is 3.35. The van der Waals surface area contributed by atoms with Gasteiger partial charge in [-0.15, -0.1) is 0 Å². The summed E-state index contributed by atoms with van der Waals surface area (Å²) in [6, 6.07) is 11.7. The number of ether oxygens (including phenoxy) is 1. The Morgan fingerprint density at radius 1 is 1.13 bits per heavy atom. The molecule has 1 aliphatic carbocycles. The molecule has 2 heterocycles. The molecule has 1 N–H and O–H groups in total. The first-order valence-corrected chi connectivity index (χ1v) is 13.4. The van der Waals surface area contributed by atoms with Crippen LogP contribution in [0.1, 0.15) is 66.4 Å². The lowest BCUT2D eigenvalue weighted by Crippen LogP contribution is -2.38. The van der Waals surface area contributed by atoms with Crippen LogP contribution in [0.25, 0.3) is 0 Å². The minimum atomic E-state index is -4.36. The number of methoxy groups -OCH3 is 1. The molecule has 38 heavy (non-hydrogen) atoms. The normalized spacial score (nSPS) is 18.3. The maximum atomic E-state index is 13.2. The molecule has 0 unspecified atom stereocenters. The van der Waals surface area contributed by atoms with Crippen molar-refractivity contribution in [3.05, 3.63) is 75.9 Å². The van der Waals surface area contributed by atoms with E-state index in [9.17, 15) is 13.2 Å². The van der Waals surface area contributed by atoms with Crippen molar-refractivity contribution in [2.24, 2.45) is 0 Å². The number of rotatable bonds is 9. The number of piperidine rings is 1. The Morgan fingerprint density at radius 3 is 2.50 bits per heavy atom. The first-order chi connectivity index (χ1) is 18.3. The molecule has 2 aliphatic rings. The van der Waals surface area contributed by atoms with E-state index in [2.05, 4.69) is 15.4 Å². The fourth-order valence-electron chi connectivity index (χ4n) is 5.59. The third-order valence-corrected chi connectivity index (χ3v) is 8.22. The van der Waals surface area contributed by atoms with Crippen LogP contribution in [0.2, 0.25) is 5.02 Å². The molecule has 10 heteroatoms. The second-order valence-corrected chi connectivity index (χ2v) is 10.6. The van der Waals surface area contributed by atoms with Crippen LogP contribution in [0.5, 0.6) is 5.75 Å². The number of hydrogen-bond acceptors (Lipinski definition) is 6. The van der Waals surface area contributed by atoms with E-state index in [1.165, 1.54) is 24.8 Å². The maximum Gasteiger partial charge on any atom is 0.416 e. The van der Waals surface area contributed by atoms with Crippen LogP contribution < -0.4 is 10.1 Å². The summed E-state index contributed by atoms with van der Waals surface area (Å²) < 4.78 is 50.6.